The van der Waals surface area contributed by atoms with Crippen LogP contribution in [0.15, 0.2) is 42.5 Å². The predicted octanol–water partition coefficient (Wildman–Crippen LogP) is 3.72. The molecule has 0 saturated carbocycles. The van der Waals surface area contributed by atoms with Gasteiger partial charge < -0.3 is 15.4 Å². The first-order chi connectivity index (χ1) is 9.79. The van der Waals surface area contributed by atoms with Crippen LogP contribution >= 0.6 is 11.6 Å². The van der Waals surface area contributed by atoms with Crippen LogP contribution < -0.4 is 15.4 Å². The van der Waals surface area contributed by atoms with Crippen molar-refractivity contribution in [1.82, 2.24) is 0 Å². The van der Waals surface area contributed by atoms with Crippen molar-refractivity contribution in [2.75, 3.05) is 18.1 Å². The third-order valence-electron chi connectivity index (χ3n) is 3.49. The minimum Gasteiger partial charge on any atom is -0.491 e. The molecule has 0 radical (unpaired) electrons. The molecule has 104 valence electrons. The lowest BCUT2D eigenvalue weighted by Crippen LogP contribution is -2.20. The summed E-state index contributed by atoms with van der Waals surface area (Å²) in [5, 5.41) is 0.716. The van der Waals surface area contributed by atoms with Gasteiger partial charge in [-0.05, 0) is 42.3 Å². The van der Waals surface area contributed by atoms with Crippen LogP contribution in [-0.2, 0) is 6.54 Å². The van der Waals surface area contributed by atoms with E-state index in [0.717, 1.165) is 42.3 Å². The standard InChI is InChI=1S/C16H17ClN2O/c17-13-6-7-14(12(10-13)11-18)19-8-3-9-20-16-5-2-1-4-15(16)19/h1-2,4-7,10H,3,8-9,11,18H2. The van der Waals surface area contributed by atoms with Crippen molar-refractivity contribution < 1.29 is 4.74 Å². The lowest BCUT2D eigenvalue weighted by molar-refractivity contribution is 0.322. The van der Waals surface area contributed by atoms with Crippen LogP contribution in [0.4, 0.5) is 11.4 Å². The van der Waals surface area contributed by atoms with Gasteiger partial charge in [-0.15, -0.1) is 0 Å². The Kier molecular flexibility index (Phi) is 3.81. The molecule has 4 heteroatoms. The van der Waals surface area contributed by atoms with Crippen LogP contribution in [0.3, 0.4) is 0 Å². The number of ether oxygens (including phenoxy) is 1. The Hall–Kier alpha value is -1.71. The quantitative estimate of drug-likeness (QED) is 0.915. The summed E-state index contributed by atoms with van der Waals surface area (Å²) in [6.45, 7) is 2.11. The lowest BCUT2D eigenvalue weighted by atomic mass is 10.1. The average Bonchev–Trinajstić information content (AvgIpc) is 2.69. The van der Waals surface area contributed by atoms with E-state index in [4.69, 9.17) is 22.1 Å². The fourth-order valence-corrected chi connectivity index (χ4v) is 2.75. The summed E-state index contributed by atoms with van der Waals surface area (Å²) in [5.41, 5.74) is 9.11. The van der Waals surface area contributed by atoms with Gasteiger partial charge in [-0.2, -0.15) is 0 Å². The van der Waals surface area contributed by atoms with Gasteiger partial charge in [0.25, 0.3) is 0 Å². The SMILES string of the molecule is NCc1cc(Cl)ccc1N1CCCOc2ccccc21. The molecule has 0 atom stereocenters. The van der Waals surface area contributed by atoms with E-state index >= 15 is 0 Å². The van der Waals surface area contributed by atoms with E-state index in [1.54, 1.807) is 0 Å². The third-order valence-corrected chi connectivity index (χ3v) is 3.73. The van der Waals surface area contributed by atoms with E-state index in [9.17, 15) is 0 Å². The van der Waals surface area contributed by atoms with E-state index in [-0.39, 0.29) is 0 Å². The maximum Gasteiger partial charge on any atom is 0.142 e. The van der Waals surface area contributed by atoms with E-state index in [0.29, 0.717) is 11.6 Å². The maximum atomic E-state index is 6.07. The lowest BCUT2D eigenvalue weighted by Gasteiger charge is -2.26. The molecule has 2 aromatic rings. The molecule has 0 unspecified atom stereocenters. The summed E-state index contributed by atoms with van der Waals surface area (Å²) in [6.07, 6.45) is 0.974. The molecule has 1 aliphatic heterocycles. The van der Waals surface area contributed by atoms with Gasteiger partial charge in [-0.1, -0.05) is 23.7 Å². The molecule has 0 aliphatic carbocycles. The summed E-state index contributed by atoms with van der Waals surface area (Å²) < 4.78 is 5.80. The molecule has 1 heterocycles. The molecule has 3 rings (SSSR count). The minimum absolute atomic E-state index is 0.468. The number of para-hydroxylation sites is 2. The van der Waals surface area contributed by atoms with Gasteiger partial charge >= 0.3 is 0 Å². The molecule has 2 N–H and O–H groups in total. The zero-order chi connectivity index (χ0) is 13.9. The number of anilines is 2. The van der Waals surface area contributed by atoms with Gasteiger partial charge in [0.2, 0.25) is 0 Å². The van der Waals surface area contributed by atoms with Crippen molar-refractivity contribution in [3.05, 3.63) is 53.1 Å². The zero-order valence-electron chi connectivity index (χ0n) is 11.2. The van der Waals surface area contributed by atoms with E-state index in [1.807, 2.05) is 36.4 Å². The highest BCUT2D eigenvalue weighted by molar-refractivity contribution is 6.30. The number of nitrogens with zero attached hydrogens (tertiary/aromatic N) is 1. The number of fused-ring (bicyclic) bond motifs is 1. The van der Waals surface area contributed by atoms with Crippen molar-refractivity contribution in [2.45, 2.75) is 13.0 Å². The molecular formula is C16H17ClN2O. The summed E-state index contributed by atoms with van der Waals surface area (Å²) in [4.78, 5) is 2.26. The van der Waals surface area contributed by atoms with Crippen molar-refractivity contribution >= 4 is 23.0 Å². The number of hydrogen-bond donors (Lipinski definition) is 1. The highest BCUT2D eigenvalue weighted by Crippen LogP contribution is 2.37. The molecular weight excluding hydrogens is 272 g/mol. The van der Waals surface area contributed by atoms with Crippen LogP contribution in [0.25, 0.3) is 0 Å². The van der Waals surface area contributed by atoms with Crippen LogP contribution in [0, 0.1) is 0 Å². The third kappa shape index (κ3) is 2.47. The number of benzene rings is 2. The first-order valence-electron chi connectivity index (χ1n) is 6.77. The summed E-state index contributed by atoms with van der Waals surface area (Å²) in [7, 11) is 0. The van der Waals surface area contributed by atoms with Gasteiger partial charge in [0.05, 0.1) is 12.3 Å². The van der Waals surface area contributed by atoms with Gasteiger partial charge in [0.1, 0.15) is 5.75 Å². The first-order valence-corrected chi connectivity index (χ1v) is 7.15. The van der Waals surface area contributed by atoms with Gasteiger partial charge in [-0.25, -0.2) is 0 Å². The van der Waals surface area contributed by atoms with Gasteiger partial charge in [-0.3, -0.25) is 0 Å². The van der Waals surface area contributed by atoms with Crippen LogP contribution in [0.1, 0.15) is 12.0 Å². The fourth-order valence-electron chi connectivity index (χ4n) is 2.56. The second-order valence-corrected chi connectivity index (χ2v) is 5.23. The second kappa shape index (κ2) is 5.73. The Morgan fingerprint density at radius 1 is 1.15 bits per heavy atom. The Bertz CT molecular complexity index is 615. The van der Waals surface area contributed by atoms with E-state index in [2.05, 4.69) is 11.0 Å². The Balaban J connectivity index is 2.10. The van der Waals surface area contributed by atoms with Crippen LogP contribution in [0.2, 0.25) is 5.02 Å². The Morgan fingerprint density at radius 3 is 2.85 bits per heavy atom. The normalized spacial score (nSPS) is 14.4. The van der Waals surface area contributed by atoms with Gasteiger partial charge in [0, 0.05) is 23.8 Å². The molecule has 0 bridgehead atoms. The number of hydrogen-bond acceptors (Lipinski definition) is 3. The molecule has 0 spiro atoms. The molecule has 20 heavy (non-hydrogen) atoms. The van der Waals surface area contributed by atoms with Crippen molar-refractivity contribution in [3.8, 4) is 5.75 Å². The Morgan fingerprint density at radius 2 is 2.00 bits per heavy atom. The van der Waals surface area contributed by atoms with Crippen molar-refractivity contribution in [1.29, 1.82) is 0 Å². The smallest absolute Gasteiger partial charge is 0.142 e. The van der Waals surface area contributed by atoms with Crippen LogP contribution in [0.5, 0.6) is 5.75 Å². The summed E-state index contributed by atoms with van der Waals surface area (Å²) in [5.74, 6) is 0.919. The topological polar surface area (TPSA) is 38.5 Å². The van der Waals surface area contributed by atoms with Gasteiger partial charge in [0.15, 0.2) is 0 Å². The summed E-state index contributed by atoms with van der Waals surface area (Å²) in [6, 6.07) is 14.0. The first kappa shape index (κ1) is 13.3. The van der Waals surface area contributed by atoms with Crippen molar-refractivity contribution in [2.24, 2.45) is 5.73 Å². The monoisotopic (exact) mass is 288 g/mol. The van der Waals surface area contributed by atoms with E-state index in [1.165, 1.54) is 0 Å². The minimum atomic E-state index is 0.468. The summed E-state index contributed by atoms with van der Waals surface area (Å²) >= 11 is 6.07. The fraction of sp³-hybridized carbons (Fsp3) is 0.250. The predicted molar refractivity (Wildman–Crippen MR) is 82.9 cm³/mol. The number of halogens is 1. The second-order valence-electron chi connectivity index (χ2n) is 4.80. The largest absolute Gasteiger partial charge is 0.491 e. The molecule has 0 saturated heterocycles. The molecule has 1 aliphatic rings. The highest BCUT2D eigenvalue weighted by atomic mass is 35.5. The highest BCUT2D eigenvalue weighted by Gasteiger charge is 2.19. The maximum absolute atomic E-state index is 6.07. The molecule has 0 fully saturated rings. The van der Waals surface area contributed by atoms with Crippen LogP contribution in [-0.4, -0.2) is 13.2 Å². The zero-order valence-corrected chi connectivity index (χ0v) is 11.9. The number of rotatable bonds is 2. The molecule has 0 aromatic heterocycles. The Labute approximate surface area is 123 Å². The molecule has 3 nitrogen and oxygen atoms in total. The number of nitrogens with two attached hydrogens (primary N) is 1. The van der Waals surface area contributed by atoms with E-state index < -0.39 is 0 Å². The molecule has 0 amide bonds. The average molecular weight is 289 g/mol. The molecule has 2 aromatic carbocycles. The van der Waals surface area contributed by atoms with Crippen molar-refractivity contribution in [3.63, 3.8) is 0 Å².